The fourth-order valence-electron chi connectivity index (χ4n) is 4.44. The van der Waals surface area contributed by atoms with Gasteiger partial charge in [0.1, 0.15) is 0 Å². The predicted molar refractivity (Wildman–Crippen MR) is 123 cm³/mol. The first-order valence-corrected chi connectivity index (χ1v) is 12.8. The minimum Gasteiger partial charge on any atom is -0.322 e. The van der Waals surface area contributed by atoms with E-state index in [9.17, 15) is 8.42 Å². The number of rotatable bonds is 5. The van der Waals surface area contributed by atoms with Gasteiger partial charge >= 0.3 is 0 Å². The van der Waals surface area contributed by atoms with Gasteiger partial charge in [-0.05, 0) is 78.5 Å². The number of aryl methyl sites for hydroxylation is 2. The zero-order valence-corrected chi connectivity index (χ0v) is 19.3. The highest BCUT2D eigenvalue weighted by atomic mass is 127. The minimum atomic E-state index is -3.79. The zero-order chi connectivity index (χ0) is 20.9. The SMILES string of the molecule is NC(I)c1ccc(S(=O)(=O)c2nc(Nc3c4c(cc5c3CCC5)CCC4)n[nH]2)cc1. The van der Waals surface area contributed by atoms with E-state index in [1.54, 1.807) is 24.3 Å². The molecule has 4 N–H and O–H groups in total. The van der Waals surface area contributed by atoms with E-state index >= 15 is 0 Å². The molecule has 0 bridgehead atoms. The van der Waals surface area contributed by atoms with Crippen molar-refractivity contribution in [2.24, 2.45) is 5.73 Å². The molecule has 1 unspecified atom stereocenters. The molecule has 156 valence electrons. The number of nitrogens with zero attached hydrogens (tertiary/aromatic N) is 2. The molecule has 2 aromatic carbocycles. The molecule has 0 radical (unpaired) electrons. The molecule has 7 nitrogen and oxygen atoms in total. The molecule has 0 saturated heterocycles. The number of hydrogen-bond acceptors (Lipinski definition) is 6. The van der Waals surface area contributed by atoms with Gasteiger partial charge in [-0.25, -0.2) is 13.5 Å². The molecular weight excluding hydrogens is 513 g/mol. The van der Waals surface area contributed by atoms with Crippen molar-refractivity contribution in [3.8, 4) is 0 Å². The molecule has 0 amide bonds. The highest BCUT2D eigenvalue weighted by molar-refractivity contribution is 14.1. The quantitative estimate of drug-likeness (QED) is 0.261. The van der Waals surface area contributed by atoms with E-state index in [4.69, 9.17) is 5.73 Å². The third-order valence-electron chi connectivity index (χ3n) is 5.94. The van der Waals surface area contributed by atoms with E-state index in [1.165, 1.54) is 22.3 Å². The Morgan fingerprint density at radius 1 is 1.03 bits per heavy atom. The van der Waals surface area contributed by atoms with Crippen LogP contribution in [0.4, 0.5) is 11.6 Å². The molecule has 1 atom stereocenters. The molecule has 1 heterocycles. The summed E-state index contributed by atoms with van der Waals surface area (Å²) in [7, 11) is -3.79. The number of anilines is 2. The number of hydrogen-bond donors (Lipinski definition) is 3. The topological polar surface area (TPSA) is 114 Å². The summed E-state index contributed by atoms with van der Waals surface area (Å²) in [6.07, 6.45) is 6.57. The van der Waals surface area contributed by atoms with Gasteiger partial charge in [0, 0.05) is 5.69 Å². The van der Waals surface area contributed by atoms with Crippen molar-refractivity contribution in [1.29, 1.82) is 0 Å². The largest absolute Gasteiger partial charge is 0.322 e. The highest BCUT2D eigenvalue weighted by Gasteiger charge is 2.26. The van der Waals surface area contributed by atoms with Gasteiger partial charge in [-0.2, -0.15) is 4.98 Å². The molecule has 0 aliphatic heterocycles. The Labute approximate surface area is 188 Å². The number of aromatic nitrogens is 3. The van der Waals surface area contributed by atoms with E-state index in [2.05, 4.69) is 49.2 Å². The minimum absolute atomic E-state index is 0.160. The Morgan fingerprint density at radius 2 is 1.67 bits per heavy atom. The average Bonchev–Trinajstić information content (AvgIpc) is 3.48. The van der Waals surface area contributed by atoms with Crippen LogP contribution in [0.25, 0.3) is 0 Å². The molecule has 2 aliphatic rings. The van der Waals surface area contributed by atoms with Crippen LogP contribution in [0.3, 0.4) is 0 Å². The summed E-state index contributed by atoms with van der Waals surface area (Å²) in [6.45, 7) is 0. The van der Waals surface area contributed by atoms with Crippen LogP contribution in [-0.2, 0) is 35.5 Å². The number of nitrogens with two attached hydrogens (primary N) is 1. The molecule has 0 spiro atoms. The second-order valence-corrected chi connectivity index (χ2v) is 11.0. The maximum atomic E-state index is 13.0. The number of alkyl halides is 1. The standard InChI is InChI=1S/C21H22IN5O2S/c22-19(23)12-7-9-15(10-8-12)30(28,29)21-25-20(26-27-21)24-18-16-5-1-3-13(16)11-14-4-2-6-17(14)18/h7-11,19H,1-6,23H2,(H2,24,25,26,27). The lowest BCUT2D eigenvalue weighted by Gasteiger charge is -2.15. The monoisotopic (exact) mass is 535 g/mol. The number of aromatic amines is 1. The third-order valence-corrected chi connectivity index (χ3v) is 8.24. The summed E-state index contributed by atoms with van der Waals surface area (Å²) in [5.74, 6) is 0.286. The number of halogens is 1. The first kappa shape index (κ1) is 20.0. The Bertz CT molecular complexity index is 1190. The van der Waals surface area contributed by atoms with Gasteiger partial charge < -0.3 is 11.1 Å². The number of sulfone groups is 1. The number of nitrogens with one attached hydrogen (secondary N) is 2. The maximum absolute atomic E-state index is 13.0. The van der Waals surface area contributed by atoms with Crippen molar-refractivity contribution < 1.29 is 8.42 Å². The lowest BCUT2D eigenvalue weighted by Crippen LogP contribution is -2.06. The highest BCUT2D eigenvalue weighted by Crippen LogP contribution is 2.39. The molecule has 9 heteroatoms. The van der Waals surface area contributed by atoms with Crippen molar-refractivity contribution in [1.82, 2.24) is 15.2 Å². The number of benzene rings is 2. The van der Waals surface area contributed by atoms with Crippen molar-refractivity contribution in [2.75, 3.05) is 5.32 Å². The van der Waals surface area contributed by atoms with E-state index < -0.39 is 9.84 Å². The Kier molecular flexibility index (Phi) is 5.06. The Morgan fingerprint density at radius 3 is 2.27 bits per heavy atom. The van der Waals surface area contributed by atoms with Gasteiger partial charge in [0.25, 0.3) is 0 Å². The summed E-state index contributed by atoms with van der Waals surface area (Å²) < 4.78 is 25.7. The van der Waals surface area contributed by atoms with Crippen LogP contribution in [-0.4, -0.2) is 23.6 Å². The Hall–Kier alpha value is -1.98. The Balaban J connectivity index is 1.46. The van der Waals surface area contributed by atoms with Gasteiger partial charge in [0.15, 0.2) is 0 Å². The van der Waals surface area contributed by atoms with Gasteiger partial charge in [-0.3, -0.25) is 0 Å². The van der Waals surface area contributed by atoms with E-state index in [-0.39, 0.29) is 20.0 Å². The van der Waals surface area contributed by atoms with Crippen LogP contribution < -0.4 is 11.1 Å². The molecule has 3 aromatic rings. The number of H-pyrrole nitrogens is 1. The molecule has 0 saturated carbocycles. The fraction of sp³-hybridized carbons (Fsp3) is 0.333. The molecule has 1 aromatic heterocycles. The van der Waals surface area contributed by atoms with Crippen LogP contribution in [0.2, 0.25) is 0 Å². The van der Waals surface area contributed by atoms with E-state index in [0.29, 0.717) is 0 Å². The summed E-state index contributed by atoms with van der Waals surface area (Å²) in [4.78, 5) is 4.43. The molecule has 0 fully saturated rings. The summed E-state index contributed by atoms with van der Waals surface area (Å²) >= 11 is 2.08. The van der Waals surface area contributed by atoms with E-state index in [1.807, 2.05) is 0 Å². The lowest BCUT2D eigenvalue weighted by molar-refractivity contribution is 0.587. The lowest BCUT2D eigenvalue weighted by atomic mass is 9.99. The second-order valence-electron chi connectivity index (χ2n) is 7.80. The van der Waals surface area contributed by atoms with Crippen LogP contribution in [0, 0.1) is 0 Å². The van der Waals surface area contributed by atoms with Gasteiger partial charge in [0.2, 0.25) is 20.9 Å². The summed E-state index contributed by atoms with van der Waals surface area (Å²) in [6, 6.07) is 8.90. The molecule has 5 rings (SSSR count). The van der Waals surface area contributed by atoms with E-state index in [0.717, 1.165) is 49.8 Å². The summed E-state index contributed by atoms with van der Waals surface area (Å²) in [5, 5.41) is 9.92. The fourth-order valence-corrected chi connectivity index (χ4v) is 5.95. The molecule has 30 heavy (non-hydrogen) atoms. The third kappa shape index (κ3) is 3.42. The van der Waals surface area contributed by atoms with Crippen LogP contribution in [0.1, 0.15) is 44.7 Å². The molecule has 2 aliphatic carbocycles. The average molecular weight is 535 g/mol. The second kappa shape index (κ2) is 7.61. The van der Waals surface area contributed by atoms with Crippen molar-refractivity contribution in [2.45, 2.75) is 52.6 Å². The first-order valence-electron chi connectivity index (χ1n) is 10.0. The summed E-state index contributed by atoms with van der Waals surface area (Å²) in [5.41, 5.74) is 13.2. The zero-order valence-electron chi connectivity index (χ0n) is 16.3. The maximum Gasteiger partial charge on any atom is 0.249 e. The van der Waals surface area contributed by atoms with Gasteiger partial charge in [-0.1, -0.05) is 40.8 Å². The van der Waals surface area contributed by atoms with Crippen LogP contribution >= 0.6 is 22.6 Å². The smallest absolute Gasteiger partial charge is 0.249 e. The first-order chi connectivity index (χ1) is 14.4. The molecular formula is C21H22IN5O2S. The number of fused-ring (bicyclic) bond motifs is 2. The van der Waals surface area contributed by atoms with Crippen molar-refractivity contribution >= 4 is 44.1 Å². The van der Waals surface area contributed by atoms with Gasteiger partial charge in [0.05, 0.1) is 8.94 Å². The normalized spacial score (nSPS) is 16.3. The van der Waals surface area contributed by atoms with Gasteiger partial charge in [-0.15, -0.1) is 5.10 Å². The van der Waals surface area contributed by atoms with Crippen LogP contribution in [0.5, 0.6) is 0 Å². The predicted octanol–water partition coefficient (Wildman–Crippen LogP) is 3.75. The van der Waals surface area contributed by atoms with Crippen molar-refractivity contribution in [3.63, 3.8) is 0 Å². The van der Waals surface area contributed by atoms with Crippen molar-refractivity contribution in [3.05, 3.63) is 58.1 Å². The van der Waals surface area contributed by atoms with Crippen LogP contribution in [0.15, 0.2) is 40.4 Å².